The van der Waals surface area contributed by atoms with Gasteiger partial charge in [-0.2, -0.15) is 4.31 Å². The molecule has 0 bridgehead atoms. The zero-order chi connectivity index (χ0) is 15.2. The van der Waals surface area contributed by atoms with Crippen molar-refractivity contribution in [2.45, 2.75) is 37.6 Å². The predicted molar refractivity (Wildman–Crippen MR) is 80.3 cm³/mol. The van der Waals surface area contributed by atoms with Crippen molar-refractivity contribution in [1.29, 1.82) is 0 Å². The van der Waals surface area contributed by atoms with E-state index in [0.29, 0.717) is 18.8 Å². The molecule has 0 aliphatic rings. The van der Waals surface area contributed by atoms with Crippen LogP contribution in [0.15, 0.2) is 29.2 Å². The minimum Gasteiger partial charge on any atom is -0.497 e. The molecule has 0 aliphatic carbocycles. The maximum absolute atomic E-state index is 12.7. The van der Waals surface area contributed by atoms with Gasteiger partial charge in [0.25, 0.3) is 0 Å². The molecule has 0 fully saturated rings. The number of benzene rings is 1. The Morgan fingerprint density at radius 3 is 2.15 bits per heavy atom. The first-order chi connectivity index (χ1) is 9.51. The summed E-state index contributed by atoms with van der Waals surface area (Å²) >= 11 is 0. The fourth-order valence-electron chi connectivity index (χ4n) is 2.21. The molecule has 0 amide bonds. The van der Waals surface area contributed by atoms with Gasteiger partial charge in [-0.3, -0.25) is 0 Å². The molecule has 0 aromatic heterocycles. The number of methoxy groups -OCH3 is 1. The van der Waals surface area contributed by atoms with Crippen molar-refractivity contribution in [3.63, 3.8) is 0 Å². The summed E-state index contributed by atoms with van der Waals surface area (Å²) in [7, 11) is -1.96. The van der Waals surface area contributed by atoms with Crippen LogP contribution in [0.5, 0.6) is 5.75 Å². The Balaban J connectivity index is 3.14. The minimum atomic E-state index is -3.51. The van der Waals surface area contributed by atoms with Crippen molar-refractivity contribution < 1.29 is 13.2 Å². The van der Waals surface area contributed by atoms with Crippen molar-refractivity contribution in [2.24, 2.45) is 5.73 Å². The highest BCUT2D eigenvalue weighted by molar-refractivity contribution is 7.89. The van der Waals surface area contributed by atoms with Crippen LogP contribution in [0, 0.1) is 0 Å². The molecule has 1 aromatic rings. The van der Waals surface area contributed by atoms with Crippen LogP contribution in [0.1, 0.15) is 26.7 Å². The maximum atomic E-state index is 12.7. The van der Waals surface area contributed by atoms with E-state index < -0.39 is 10.0 Å². The Morgan fingerprint density at radius 2 is 1.75 bits per heavy atom. The summed E-state index contributed by atoms with van der Waals surface area (Å²) in [6.45, 7) is 4.62. The van der Waals surface area contributed by atoms with Gasteiger partial charge in [-0.15, -0.1) is 0 Å². The number of nitrogens with two attached hydrogens (primary N) is 1. The maximum Gasteiger partial charge on any atom is 0.243 e. The van der Waals surface area contributed by atoms with Gasteiger partial charge in [0.15, 0.2) is 0 Å². The molecule has 20 heavy (non-hydrogen) atoms. The number of ether oxygens (including phenoxy) is 1. The summed E-state index contributed by atoms with van der Waals surface area (Å²) < 4.78 is 32.0. The summed E-state index contributed by atoms with van der Waals surface area (Å²) in [5.74, 6) is 0.636. The van der Waals surface area contributed by atoms with Gasteiger partial charge < -0.3 is 10.5 Å². The van der Waals surface area contributed by atoms with Crippen LogP contribution < -0.4 is 10.5 Å². The van der Waals surface area contributed by atoms with Crippen molar-refractivity contribution in [3.05, 3.63) is 24.3 Å². The van der Waals surface area contributed by atoms with Crippen LogP contribution >= 0.6 is 0 Å². The Hall–Kier alpha value is -1.11. The van der Waals surface area contributed by atoms with Gasteiger partial charge in [0.1, 0.15) is 5.75 Å². The minimum absolute atomic E-state index is 0.0225. The number of hydrogen-bond acceptors (Lipinski definition) is 4. The molecule has 0 radical (unpaired) electrons. The van der Waals surface area contributed by atoms with Crippen molar-refractivity contribution in [1.82, 2.24) is 4.31 Å². The van der Waals surface area contributed by atoms with E-state index in [-0.39, 0.29) is 10.9 Å². The third kappa shape index (κ3) is 3.71. The largest absolute Gasteiger partial charge is 0.497 e. The first-order valence-electron chi connectivity index (χ1n) is 6.87. The van der Waals surface area contributed by atoms with E-state index in [1.165, 1.54) is 4.31 Å². The monoisotopic (exact) mass is 300 g/mol. The zero-order valence-electron chi connectivity index (χ0n) is 12.4. The molecule has 0 spiro atoms. The fraction of sp³-hybridized carbons (Fsp3) is 0.571. The normalized spacial score (nSPS) is 12.1. The zero-order valence-corrected chi connectivity index (χ0v) is 13.2. The standard InChI is InChI=1S/C14H24N2O3S/c1-4-12(5-2)16(11-10-15)20(17,18)14-8-6-13(19-3)7-9-14/h6-9,12H,4-5,10-11,15H2,1-3H3. The Kier molecular flexibility index (Phi) is 6.45. The summed E-state index contributed by atoms with van der Waals surface area (Å²) in [5.41, 5.74) is 5.57. The predicted octanol–water partition coefficient (Wildman–Crippen LogP) is 1.83. The summed E-state index contributed by atoms with van der Waals surface area (Å²) in [4.78, 5) is 0.277. The van der Waals surface area contributed by atoms with Crippen LogP contribution in [0.3, 0.4) is 0 Å². The molecular weight excluding hydrogens is 276 g/mol. The van der Waals surface area contributed by atoms with Crippen molar-refractivity contribution in [3.8, 4) is 5.75 Å². The van der Waals surface area contributed by atoms with E-state index in [0.717, 1.165) is 12.8 Å². The molecule has 0 heterocycles. The van der Waals surface area contributed by atoms with Gasteiger partial charge in [0.05, 0.1) is 12.0 Å². The SMILES string of the molecule is CCC(CC)N(CCN)S(=O)(=O)c1ccc(OC)cc1. The highest BCUT2D eigenvalue weighted by atomic mass is 32.2. The highest BCUT2D eigenvalue weighted by Crippen LogP contribution is 2.23. The van der Waals surface area contributed by atoms with E-state index in [1.54, 1.807) is 31.4 Å². The lowest BCUT2D eigenvalue weighted by Crippen LogP contribution is -2.42. The molecule has 0 unspecified atom stereocenters. The quantitative estimate of drug-likeness (QED) is 0.795. The summed E-state index contributed by atoms with van der Waals surface area (Å²) in [6, 6.07) is 6.42. The number of hydrogen-bond donors (Lipinski definition) is 1. The van der Waals surface area contributed by atoms with E-state index in [4.69, 9.17) is 10.5 Å². The van der Waals surface area contributed by atoms with E-state index in [1.807, 2.05) is 13.8 Å². The molecule has 1 rings (SSSR count). The average molecular weight is 300 g/mol. The van der Waals surface area contributed by atoms with Gasteiger partial charge >= 0.3 is 0 Å². The summed E-state index contributed by atoms with van der Waals surface area (Å²) in [5, 5.41) is 0. The number of rotatable bonds is 8. The van der Waals surface area contributed by atoms with Crippen LogP contribution in [0.25, 0.3) is 0 Å². The molecule has 0 saturated heterocycles. The van der Waals surface area contributed by atoms with Gasteiger partial charge in [-0.25, -0.2) is 8.42 Å². The first kappa shape index (κ1) is 16.9. The van der Waals surface area contributed by atoms with Gasteiger partial charge in [-0.1, -0.05) is 13.8 Å². The topological polar surface area (TPSA) is 72.6 Å². The van der Waals surface area contributed by atoms with Crippen LogP contribution in [-0.2, 0) is 10.0 Å². The fourth-order valence-corrected chi connectivity index (χ4v) is 3.99. The molecule has 0 saturated carbocycles. The molecule has 1 aromatic carbocycles. The smallest absolute Gasteiger partial charge is 0.243 e. The number of nitrogens with zero attached hydrogens (tertiary/aromatic N) is 1. The average Bonchev–Trinajstić information content (AvgIpc) is 2.47. The van der Waals surface area contributed by atoms with Crippen molar-refractivity contribution >= 4 is 10.0 Å². The Morgan fingerprint density at radius 1 is 1.20 bits per heavy atom. The first-order valence-corrected chi connectivity index (χ1v) is 8.31. The molecule has 114 valence electrons. The Bertz CT molecular complexity index is 496. The van der Waals surface area contributed by atoms with Gasteiger partial charge in [0, 0.05) is 19.1 Å². The van der Waals surface area contributed by atoms with E-state index in [2.05, 4.69) is 0 Å². The van der Waals surface area contributed by atoms with Gasteiger partial charge in [0.2, 0.25) is 10.0 Å². The molecule has 0 atom stereocenters. The second-order valence-electron chi connectivity index (χ2n) is 4.55. The molecule has 2 N–H and O–H groups in total. The van der Waals surface area contributed by atoms with E-state index >= 15 is 0 Å². The lowest BCUT2D eigenvalue weighted by atomic mass is 10.2. The third-order valence-electron chi connectivity index (χ3n) is 3.37. The molecule has 0 aliphatic heterocycles. The Labute approximate surface area is 121 Å². The highest BCUT2D eigenvalue weighted by Gasteiger charge is 2.28. The third-order valence-corrected chi connectivity index (χ3v) is 5.33. The number of sulfonamides is 1. The van der Waals surface area contributed by atoms with Crippen molar-refractivity contribution in [2.75, 3.05) is 20.2 Å². The second-order valence-corrected chi connectivity index (χ2v) is 6.44. The lowest BCUT2D eigenvalue weighted by Gasteiger charge is -2.29. The second kappa shape index (κ2) is 7.61. The van der Waals surface area contributed by atoms with Crippen LogP contribution in [0.4, 0.5) is 0 Å². The summed E-state index contributed by atoms with van der Waals surface area (Å²) in [6.07, 6.45) is 1.54. The molecular formula is C14H24N2O3S. The molecule has 5 nitrogen and oxygen atoms in total. The van der Waals surface area contributed by atoms with Crippen LogP contribution in [0.2, 0.25) is 0 Å². The van der Waals surface area contributed by atoms with Gasteiger partial charge in [-0.05, 0) is 37.1 Å². The van der Waals surface area contributed by atoms with Crippen LogP contribution in [-0.4, -0.2) is 39.0 Å². The molecule has 6 heteroatoms. The lowest BCUT2D eigenvalue weighted by molar-refractivity contribution is 0.309. The van der Waals surface area contributed by atoms with E-state index in [9.17, 15) is 8.42 Å².